The van der Waals surface area contributed by atoms with Crippen molar-refractivity contribution in [2.45, 2.75) is 20.8 Å². The normalized spacial score (nSPS) is 11.9. The molecule has 0 radical (unpaired) electrons. The zero-order valence-corrected chi connectivity index (χ0v) is 9.25. The standard InChI is InChI=1S/C14H18/c1-5-12-6-8-13(9-7-12)10-11-14(2,3)4/h5-11H,1H2,2-4H3. The molecule has 0 heterocycles. The van der Waals surface area contributed by atoms with Gasteiger partial charge in [-0.2, -0.15) is 0 Å². The predicted molar refractivity (Wildman–Crippen MR) is 65.0 cm³/mol. The van der Waals surface area contributed by atoms with E-state index < -0.39 is 0 Å². The van der Waals surface area contributed by atoms with E-state index in [1.54, 1.807) is 0 Å². The van der Waals surface area contributed by atoms with E-state index in [0.717, 1.165) is 5.56 Å². The van der Waals surface area contributed by atoms with E-state index in [2.05, 4.69) is 63.8 Å². The molecule has 0 amide bonds. The van der Waals surface area contributed by atoms with E-state index in [1.165, 1.54) is 5.56 Å². The maximum atomic E-state index is 3.73. The minimum absolute atomic E-state index is 0.247. The minimum atomic E-state index is 0.247. The second-order valence-corrected chi connectivity index (χ2v) is 4.57. The molecule has 14 heavy (non-hydrogen) atoms. The van der Waals surface area contributed by atoms with Gasteiger partial charge in [-0.1, -0.05) is 69.8 Å². The summed E-state index contributed by atoms with van der Waals surface area (Å²) in [6, 6.07) is 8.38. The second kappa shape index (κ2) is 4.28. The Kier molecular flexibility index (Phi) is 3.29. The highest BCUT2D eigenvalue weighted by Gasteiger charge is 2.02. The Morgan fingerprint density at radius 3 is 1.93 bits per heavy atom. The summed E-state index contributed by atoms with van der Waals surface area (Å²) in [6.45, 7) is 10.3. The van der Waals surface area contributed by atoms with Gasteiger partial charge in [-0.05, 0) is 16.5 Å². The van der Waals surface area contributed by atoms with Gasteiger partial charge >= 0.3 is 0 Å². The van der Waals surface area contributed by atoms with Gasteiger partial charge in [0.15, 0.2) is 0 Å². The molecule has 0 aromatic heterocycles. The topological polar surface area (TPSA) is 0 Å². The highest BCUT2D eigenvalue weighted by Crippen LogP contribution is 2.17. The van der Waals surface area contributed by atoms with Crippen molar-refractivity contribution in [3.05, 3.63) is 48.0 Å². The van der Waals surface area contributed by atoms with Crippen LogP contribution in [0, 0.1) is 5.41 Å². The summed E-state index contributed by atoms with van der Waals surface area (Å²) in [5.41, 5.74) is 2.65. The van der Waals surface area contributed by atoms with E-state index >= 15 is 0 Å². The molecule has 0 nitrogen and oxygen atoms in total. The Bertz CT molecular complexity index is 320. The van der Waals surface area contributed by atoms with Gasteiger partial charge in [0.25, 0.3) is 0 Å². The Morgan fingerprint density at radius 1 is 1.00 bits per heavy atom. The maximum absolute atomic E-state index is 3.73. The molecule has 0 aliphatic carbocycles. The summed E-state index contributed by atoms with van der Waals surface area (Å²) in [6.07, 6.45) is 6.24. The van der Waals surface area contributed by atoms with E-state index in [1.807, 2.05) is 6.08 Å². The maximum Gasteiger partial charge on any atom is -0.0200 e. The largest absolute Gasteiger partial charge is 0.0985 e. The van der Waals surface area contributed by atoms with Crippen LogP contribution in [0.25, 0.3) is 12.2 Å². The third-order valence-electron chi connectivity index (χ3n) is 1.95. The molecule has 0 aliphatic heterocycles. The first kappa shape index (κ1) is 10.8. The lowest BCUT2D eigenvalue weighted by molar-refractivity contribution is 0.547. The van der Waals surface area contributed by atoms with Gasteiger partial charge in [0, 0.05) is 0 Å². The molecule has 0 fully saturated rings. The molecule has 1 aromatic carbocycles. The van der Waals surface area contributed by atoms with Crippen LogP contribution >= 0.6 is 0 Å². The fourth-order valence-corrected chi connectivity index (χ4v) is 1.09. The summed E-state index contributed by atoms with van der Waals surface area (Å²) in [5.74, 6) is 0. The molecule has 0 bridgehead atoms. The predicted octanol–water partition coefficient (Wildman–Crippen LogP) is 4.39. The fraction of sp³-hybridized carbons (Fsp3) is 0.286. The molecule has 0 saturated carbocycles. The first-order valence-corrected chi connectivity index (χ1v) is 4.93. The van der Waals surface area contributed by atoms with E-state index in [0.29, 0.717) is 0 Å². The second-order valence-electron chi connectivity index (χ2n) is 4.57. The van der Waals surface area contributed by atoms with E-state index in [4.69, 9.17) is 0 Å². The van der Waals surface area contributed by atoms with Gasteiger partial charge in [-0.25, -0.2) is 0 Å². The van der Waals surface area contributed by atoms with Gasteiger partial charge in [0.2, 0.25) is 0 Å². The van der Waals surface area contributed by atoms with Crippen molar-refractivity contribution in [2.24, 2.45) is 5.41 Å². The molecule has 1 rings (SSSR count). The zero-order chi connectivity index (χ0) is 10.6. The van der Waals surface area contributed by atoms with Crippen molar-refractivity contribution >= 4 is 12.2 Å². The van der Waals surface area contributed by atoms with Crippen molar-refractivity contribution in [1.29, 1.82) is 0 Å². The molecular weight excluding hydrogens is 168 g/mol. The number of hydrogen-bond donors (Lipinski definition) is 0. The van der Waals surface area contributed by atoms with Crippen LogP contribution in [0.1, 0.15) is 31.9 Å². The van der Waals surface area contributed by atoms with Crippen molar-refractivity contribution in [1.82, 2.24) is 0 Å². The molecule has 0 atom stereocenters. The third kappa shape index (κ3) is 3.61. The Balaban J connectivity index is 2.78. The zero-order valence-electron chi connectivity index (χ0n) is 9.25. The molecule has 74 valence electrons. The fourth-order valence-electron chi connectivity index (χ4n) is 1.09. The lowest BCUT2D eigenvalue weighted by Gasteiger charge is -2.10. The van der Waals surface area contributed by atoms with Crippen LogP contribution < -0.4 is 0 Å². The van der Waals surface area contributed by atoms with Crippen LogP contribution in [0.4, 0.5) is 0 Å². The molecule has 0 spiro atoms. The van der Waals surface area contributed by atoms with Gasteiger partial charge in [0.05, 0.1) is 0 Å². The highest BCUT2D eigenvalue weighted by molar-refractivity contribution is 5.55. The van der Waals surface area contributed by atoms with E-state index in [9.17, 15) is 0 Å². The monoisotopic (exact) mass is 186 g/mol. The average molecular weight is 186 g/mol. The Labute approximate surface area is 87.0 Å². The SMILES string of the molecule is C=Cc1ccc(C=CC(C)(C)C)cc1. The van der Waals surface area contributed by atoms with Crippen LogP contribution in [0.15, 0.2) is 36.9 Å². The molecule has 0 saturated heterocycles. The smallest absolute Gasteiger partial charge is 0.0200 e. The summed E-state index contributed by atoms with van der Waals surface area (Å²) in [5, 5.41) is 0. The Morgan fingerprint density at radius 2 is 1.50 bits per heavy atom. The van der Waals surface area contributed by atoms with Crippen molar-refractivity contribution in [3.63, 3.8) is 0 Å². The minimum Gasteiger partial charge on any atom is -0.0985 e. The van der Waals surface area contributed by atoms with Crippen LogP contribution in [0.3, 0.4) is 0 Å². The number of benzene rings is 1. The van der Waals surface area contributed by atoms with Crippen LogP contribution in [0.2, 0.25) is 0 Å². The van der Waals surface area contributed by atoms with Gasteiger partial charge in [0.1, 0.15) is 0 Å². The van der Waals surface area contributed by atoms with Gasteiger partial charge in [-0.15, -0.1) is 0 Å². The van der Waals surface area contributed by atoms with Crippen LogP contribution in [-0.4, -0.2) is 0 Å². The lowest BCUT2D eigenvalue weighted by Crippen LogP contribution is -1.97. The van der Waals surface area contributed by atoms with Crippen molar-refractivity contribution in [2.75, 3.05) is 0 Å². The summed E-state index contributed by atoms with van der Waals surface area (Å²) in [7, 11) is 0. The molecular formula is C14H18. The summed E-state index contributed by atoms with van der Waals surface area (Å²) < 4.78 is 0. The molecule has 0 unspecified atom stereocenters. The summed E-state index contributed by atoms with van der Waals surface area (Å²) >= 11 is 0. The van der Waals surface area contributed by atoms with Crippen molar-refractivity contribution in [3.8, 4) is 0 Å². The lowest BCUT2D eigenvalue weighted by atomic mass is 9.95. The quantitative estimate of drug-likeness (QED) is 0.642. The molecule has 0 heteroatoms. The van der Waals surface area contributed by atoms with Gasteiger partial charge < -0.3 is 0 Å². The average Bonchev–Trinajstić information content (AvgIpc) is 2.14. The number of hydrogen-bond acceptors (Lipinski definition) is 0. The Hall–Kier alpha value is -1.30. The molecule has 0 N–H and O–H groups in total. The van der Waals surface area contributed by atoms with Gasteiger partial charge in [-0.3, -0.25) is 0 Å². The van der Waals surface area contributed by atoms with Crippen molar-refractivity contribution < 1.29 is 0 Å². The summed E-state index contributed by atoms with van der Waals surface area (Å²) in [4.78, 5) is 0. The van der Waals surface area contributed by atoms with Crippen LogP contribution in [0.5, 0.6) is 0 Å². The first-order valence-electron chi connectivity index (χ1n) is 4.93. The van der Waals surface area contributed by atoms with Crippen LogP contribution in [-0.2, 0) is 0 Å². The van der Waals surface area contributed by atoms with E-state index in [-0.39, 0.29) is 5.41 Å². The molecule has 1 aromatic rings. The highest BCUT2D eigenvalue weighted by atomic mass is 14.1. The number of rotatable bonds is 2. The third-order valence-corrected chi connectivity index (χ3v) is 1.95. The first-order chi connectivity index (χ1) is 6.51. The number of allylic oxidation sites excluding steroid dienone is 1. The molecule has 0 aliphatic rings.